The number of nitrogens with zero attached hydrogens (tertiary/aromatic N) is 2. The molecular formula is C13H19FN4O2. The van der Waals surface area contributed by atoms with Crippen molar-refractivity contribution in [2.24, 2.45) is 5.73 Å². The quantitative estimate of drug-likeness (QED) is 0.654. The fraction of sp³-hybridized carbons (Fsp3) is 0.462. The fourth-order valence-corrected chi connectivity index (χ4v) is 2.39. The number of carbonyl (C=O) groups excluding carboxylic acids is 1. The lowest BCUT2D eigenvalue weighted by Crippen LogP contribution is -2.47. The van der Waals surface area contributed by atoms with Gasteiger partial charge in [0.25, 0.3) is 5.91 Å². The largest absolute Gasteiger partial charge is 0.398 e. The SMILES string of the molecule is NC(=O)c1cc(N2CCN(CCO)CC2)c(F)cc1N. The van der Waals surface area contributed by atoms with Gasteiger partial charge in [-0.1, -0.05) is 0 Å². The molecule has 0 radical (unpaired) electrons. The molecule has 2 rings (SSSR count). The molecule has 1 aliphatic rings. The first kappa shape index (κ1) is 14.5. The first-order chi connectivity index (χ1) is 9.52. The molecule has 0 unspecified atom stereocenters. The summed E-state index contributed by atoms with van der Waals surface area (Å²) in [6, 6.07) is 2.55. The summed E-state index contributed by atoms with van der Waals surface area (Å²) in [5.41, 5.74) is 11.4. The van der Waals surface area contributed by atoms with E-state index in [1.165, 1.54) is 6.07 Å². The van der Waals surface area contributed by atoms with Crippen molar-refractivity contribution in [3.8, 4) is 0 Å². The molecule has 6 nitrogen and oxygen atoms in total. The third kappa shape index (κ3) is 3.00. The minimum absolute atomic E-state index is 0.0534. The molecule has 0 aromatic heterocycles. The van der Waals surface area contributed by atoms with Crippen LogP contribution in [0.2, 0.25) is 0 Å². The lowest BCUT2D eigenvalue weighted by molar-refractivity contribution is 0.100. The monoisotopic (exact) mass is 282 g/mol. The average molecular weight is 282 g/mol. The highest BCUT2D eigenvalue weighted by Crippen LogP contribution is 2.26. The van der Waals surface area contributed by atoms with E-state index in [2.05, 4.69) is 4.90 Å². The number of hydrogen-bond acceptors (Lipinski definition) is 5. The summed E-state index contributed by atoms with van der Waals surface area (Å²) in [7, 11) is 0. The third-order valence-corrected chi connectivity index (χ3v) is 3.51. The second-order valence-electron chi connectivity index (χ2n) is 4.81. The van der Waals surface area contributed by atoms with E-state index in [9.17, 15) is 9.18 Å². The molecule has 0 spiro atoms. The van der Waals surface area contributed by atoms with Crippen molar-refractivity contribution in [1.29, 1.82) is 0 Å². The molecule has 0 saturated carbocycles. The van der Waals surface area contributed by atoms with Gasteiger partial charge in [-0.3, -0.25) is 9.69 Å². The predicted octanol–water partition coefficient (Wildman–Crippen LogP) is -0.379. The summed E-state index contributed by atoms with van der Waals surface area (Å²) in [6.45, 7) is 3.44. The zero-order chi connectivity index (χ0) is 14.7. The summed E-state index contributed by atoms with van der Waals surface area (Å²) in [5, 5.41) is 8.89. The Morgan fingerprint density at radius 3 is 2.50 bits per heavy atom. The molecule has 110 valence electrons. The molecule has 20 heavy (non-hydrogen) atoms. The van der Waals surface area contributed by atoms with Crippen LogP contribution in [0.15, 0.2) is 12.1 Å². The van der Waals surface area contributed by atoms with Gasteiger partial charge in [-0.15, -0.1) is 0 Å². The fourth-order valence-electron chi connectivity index (χ4n) is 2.39. The van der Waals surface area contributed by atoms with Crippen LogP contribution >= 0.6 is 0 Å². The number of hydrogen-bond donors (Lipinski definition) is 3. The van der Waals surface area contributed by atoms with E-state index in [1.807, 2.05) is 4.90 Å². The van der Waals surface area contributed by atoms with Crippen LogP contribution in [0.4, 0.5) is 15.8 Å². The van der Waals surface area contributed by atoms with Gasteiger partial charge in [-0.05, 0) is 12.1 Å². The van der Waals surface area contributed by atoms with E-state index >= 15 is 0 Å². The normalized spacial score (nSPS) is 16.4. The molecule has 1 aromatic rings. The van der Waals surface area contributed by atoms with Crippen molar-refractivity contribution in [2.45, 2.75) is 0 Å². The number of nitrogens with two attached hydrogens (primary N) is 2. The van der Waals surface area contributed by atoms with Gasteiger partial charge in [-0.2, -0.15) is 0 Å². The highest BCUT2D eigenvalue weighted by molar-refractivity contribution is 5.99. The number of aliphatic hydroxyl groups is 1. The van der Waals surface area contributed by atoms with Crippen molar-refractivity contribution in [3.05, 3.63) is 23.5 Å². The van der Waals surface area contributed by atoms with E-state index in [0.29, 0.717) is 25.3 Å². The highest BCUT2D eigenvalue weighted by Gasteiger charge is 2.21. The lowest BCUT2D eigenvalue weighted by atomic mass is 10.1. The summed E-state index contributed by atoms with van der Waals surface area (Å²) in [4.78, 5) is 15.2. The van der Waals surface area contributed by atoms with Crippen LogP contribution in [-0.2, 0) is 0 Å². The number of primary amides is 1. The van der Waals surface area contributed by atoms with Crippen molar-refractivity contribution >= 4 is 17.3 Å². The topological polar surface area (TPSA) is 95.8 Å². The minimum Gasteiger partial charge on any atom is -0.398 e. The molecule has 5 N–H and O–H groups in total. The molecule has 1 aromatic carbocycles. The molecule has 1 amide bonds. The second-order valence-corrected chi connectivity index (χ2v) is 4.81. The maximum absolute atomic E-state index is 14.0. The number of amides is 1. The summed E-state index contributed by atoms with van der Waals surface area (Å²) >= 11 is 0. The van der Waals surface area contributed by atoms with Crippen LogP contribution in [0, 0.1) is 5.82 Å². The number of aliphatic hydroxyl groups excluding tert-OH is 1. The zero-order valence-corrected chi connectivity index (χ0v) is 11.2. The Labute approximate surface area is 116 Å². The molecule has 0 aliphatic carbocycles. The van der Waals surface area contributed by atoms with Gasteiger partial charge in [-0.25, -0.2) is 4.39 Å². The van der Waals surface area contributed by atoms with Crippen LogP contribution in [0.3, 0.4) is 0 Å². The predicted molar refractivity (Wildman–Crippen MR) is 75.1 cm³/mol. The highest BCUT2D eigenvalue weighted by atomic mass is 19.1. The van der Waals surface area contributed by atoms with Crippen molar-refractivity contribution in [3.63, 3.8) is 0 Å². The molecule has 1 heterocycles. The maximum Gasteiger partial charge on any atom is 0.250 e. The first-order valence-electron chi connectivity index (χ1n) is 6.50. The van der Waals surface area contributed by atoms with Crippen LogP contribution in [0.25, 0.3) is 0 Å². The molecule has 0 atom stereocenters. The average Bonchev–Trinajstić information content (AvgIpc) is 2.40. The number of carbonyl (C=O) groups is 1. The maximum atomic E-state index is 14.0. The van der Waals surface area contributed by atoms with E-state index in [-0.39, 0.29) is 17.9 Å². The van der Waals surface area contributed by atoms with E-state index < -0.39 is 11.7 Å². The Balaban J connectivity index is 2.17. The Hall–Kier alpha value is -1.86. The van der Waals surface area contributed by atoms with Gasteiger partial charge >= 0.3 is 0 Å². The van der Waals surface area contributed by atoms with Crippen LogP contribution in [-0.4, -0.2) is 55.2 Å². The number of anilines is 2. The Morgan fingerprint density at radius 1 is 1.30 bits per heavy atom. The first-order valence-corrected chi connectivity index (χ1v) is 6.50. The van der Waals surface area contributed by atoms with Crippen molar-refractivity contribution < 1.29 is 14.3 Å². The molecule has 1 aliphatic heterocycles. The van der Waals surface area contributed by atoms with E-state index in [0.717, 1.165) is 19.2 Å². The van der Waals surface area contributed by atoms with E-state index in [1.54, 1.807) is 0 Å². The van der Waals surface area contributed by atoms with Gasteiger partial charge < -0.3 is 21.5 Å². The summed E-state index contributed by atoms with van der Waals surface area (Å²) < 4.78 is 14.0. The van der Waals surface area contributed by atoms with Crippen LogP contribution in [0.1, 0.15) is 10.4 Å². The lowest BCUT2D eigenvalue weighted by Gasteiger charge is -2.36. The van der Waals surface area contributed by atoms with Gasteiger partial charge in [0.1, 0.15) is 5.82 Å². The number of piperazine rings is 1. The molecule has 0 bridgehead atoms. The molecule has 1 fully saturated rings. The van der Waals surface area contributed by atoms with Crippen molar-refractivity contribution in [1.82, 2.24) is 4.90 Å². The second kappa shape index (κ2) is 6.06. The molecular weight excluding hydrogens is 263 g/mol. The Kier molecular flexibility index (Phi) is 4.41. The van der Waals surface area contributed by atoms with Crippen LogP contribution in [0.5, 0.6) is 0 Å². The zero-order valence-electron chi connectivity index (χ0n) is 11.2. The Bertz CT molecular complexity index is 501. The van der Waals surface area contributed by atoms with E-state index in [4.69, 9.17) is 16.6 Å². The summed E-state index contributed by atoms with van der Waals surface area (Å²) in [5.74, 6) is -1.12. The van der Waals surface area contributed by atoms with Crippen molar-refractivity contribution in [2.75, 3.05) is 50.0 Å². The van der Waals surface area contributed by atoms with Gasteiger partial charge in [0.05, 0.1) is 17.9 Å². The number of rotatable bonds is 4. The number of halogens is 1. The summed E-state index contributed by atoms with van der Waals surface area (Å²) in [6.07, 6.45) is 0. The standard InChI is InChI=1S/C13H19FN4O2/c14-10-8-11(15)9(13(16)20)7-12(10)18-3-1-17(2-4-18)5-6-19/h7-8,19H,1-6,15H2,(H2,16,20). The minimum atomic E-state index is -0.664. The third-order valence-electron chi connectivity index (χ3n) is 3.51. The number of nitrogen functional groups attached to an aromatic ring is 1. The molecule has 1 saturated heterocycles. The smallest absolute Gasteiger partial charge is 0.250 e. The molecule has 7 heteroatoms. The number of benzene rings is 1. The van der Waals surface area contributed by atoms with Gasteiger partial charge in [0.15, 0.2) is 0 Å². The number of β-amino-alcohol motifs (C(OH)–C–C–N with tert-alkyl or cyclic N) is 1. The van der Waals surface area contributed by atoms with Gasteiger partial charge in [0.2, 0.25) is 0 Å². The van der Waals surface area contributed by atoms with Crippen LogP contribution < -0.4 is 16.4 Å². The Morgan fingerprint density at radius 2 is 1.95 bits per heavy atom. The van der Waals surface area contributed by atoms with Gasteiger partial charge in [0, 0.05) is 38.4 Å².